The summed E-state index contributed by atoms with van der Waals surface area (Å²) in [6, 6.07) is 36.5. The summed E-state index contributed by atoms with van der Waals surface area (Å²) in [6.45, 7) is 20.6. The summed E-state index contributed by atoms with van der Waals surface area (Å²) in [6.07, 6.45) is 41.0. The Hall–Kier alpha value is -2.46. The van der Waals surface area contributed by atoms with Crippen molar-refractivity contribution < 1.29 is 9.31 Å². The van der Waals surface area contributed by atoms with Crippen LogP contribution in [-0.2, 0) is 35.0 Å². The molecule has 1 fully saturated rings. The van der Waals surface area contributed by atoms with E-state index in [9.17, 15) is 0 Å². The molecule has 8 aromatic heterocycles. The van der Waals surface area contributed by atoms with E-state index in [0.29, 0.717) is 0 Å². The maximum atomic E-state index is 6.20. The molecule has 0 spiro atoms. The summed E-state index contributed by atoms with van der Waals surface area (Å²) >= 11 is 18.9. The summed E-state index contributed by atoms with van der Waals surface area (Å²) in [5, 5.41) is 0. The Bertz CT molecular complexity index is 3060. The highest BCUT2D eigenvalue weighted by Gasteiger charge is 2.52. The number of aryl methyl sites for hydroxylation is 4. The third-order valence-corrected chi connectivity index (χ3v) is 26.4. The third kappa shape index (κ3) is 24.0. The minimum atomic E-state index is -0.288. The summed E-state index contributed by atoms with van der Waals surface area (Å²) in [5.41, 5.74) is -0.576. The number of hydrogen-bond donors (Lipinski definition) is 0. The molecule has 8 aromatic rings. The van der Waals surface area contributed by atoms with Gasteiger partial charge >= 0.3 is 7.12 Å². The van der Waals surface area contributed by atoms with Gasteiger partial charge in [-0.2, -0.15) is 0 Å². The van der Waals surface area contributed by atoms with Crippen molar-refractivity contribution in [1.82, 2.24) is 0 Å². The highest BCUT2D eigenvalue weighted by atomic mass is 79.9. The SMILES string of the molecule is C.C=CCCCCCCCCCc1ccc(-c2ccc(-c3ccc(-c4ccc(CCCCCC)s4)s3)s2)s1.C=CCCCCCCCCCc1ccc(-c2ccc(B3OC(C)(C)C(C)(C)O3)s2)s1.CCCCCCc1ccc(-c2ccc(Br)s2)s1. The number of allylic oxidation sites excluding steroid dienone is 2. The highest BCUT2D eigenvalue weighted by molar-refractivity contribution is 9.11. The predicted octanol–water partition coefficient (Wildman–Crippen LogP) is 27.5. The standard InChI is InChI=1S/C33H42S4.C25H37BO2S2.C14H17BrS2.CH4/c1-3-5-7-9-10-11-12-13-15-17-27-19-21-29(35-27)31-23-25-33(37-31)32-24-22-30(36-32)28-20-18-26(34-28)16-14-8-6-4-2;1-6-7-8-9-10-11-12-13-14-15-20-16-17-21(29-20)22-18-19-23(30-22)26-27-24(2,3)25(4,5)28-26;1-2-3-4-5-6-11-7-8-12(16-11)13-9-10-14(15)17-13;/h3,18-25H,1,4-17H2,2H3;6,16-19H,1,7-15H2,2-5H3;7-10H,2-6H2,1H3;1H4. The average molecular weight is 1360 g/mol. The molecule has 1 aliphatic heterocycles. The third-order valence-electron chi connectivity index (χ3n) is 16.0. The molecule has 12 heteroatoms. The minimum absolute atomic E-state index is 0. The molecule has 0 radical (unpaired) electrons. The van der Waals surface area contributed by atoms with Gasteiger partial charge in [0.1, 0.15) is 0 Å². The lowest BCUT2D eigenvalue weighted by Gasteiger charge is -2.32. The molecule has 462 valence electrons. The van der Waals surface area contributed by atoms with E-state index in [2.05, 4.69) is 168 Å². The van der Waals surface area contributed by atoms with Gasteiger partial charge in [0.05, 0.1) is 15.0 Å². The van der Waals surface area contributed by atoms with Crippen LogP contribution >= 0.6 is 107 Å². The molecule has 0 N–H and O–H groups in total. The Morgan fingerprint density at radius 2 is 0.624 bits per heavy atom. The van der Waals surface area contributed by atoms with E-state index in [0.717, 1.165) is 4.78 Å². The number of unbranched alkanes of at least 4 members (excludes halogenated alkanes) is 20. The number of hydrogen-bond acceptors (Lipinski definition) is 10. The lowest BCUT2D eigenvalue weighted by molar-refractivity contribution is 0.00578. The molecule has 2 nitrogen and oxygen atoms in total. The maximum absolute atomic E-state index is 6.20. The second-order valence-corrected chi connectivity index (χ2v) is 33.9. The molecule has 0 saturated carbocycles. The average Bonchev–Trinajstić information content (AvgIpc) is 3.41. The van der Waals surface area contributed by atoms with Crippen LogP contribution in [-0.4, -0.2) is 18.3 Å². The van der Waals surface area contributed by atoms with Gasteiger partial charge in [-0.25, -0.2) is 0 Å². The first-order valence-electron chi connectivity index (χ1n) is 31.9. The van der Waals surface area contributed by atoms with Gasteiger partial charge in [0.25, 0.3) is 0 Å². The van der Waals surface area contributed by atoms with Crippen LogP contribution in [0.15, 0.2) is 126 Å². The molecule has 1 aliphatic rings. The van der Waals surface area contributed by atoms with Crippen molar-refractivity contribution in [3.63, 3.8) is 0 Å². The van der Waals surface area contributed by atoms with Crippen molar-refractivity contribution in [1.29, 1.82) is 0 Å². The van der Waals surface area contributed by atoms with Crippen molar-refractivity contribution in [3.05, 3.63) is 146 Å². The summed E-state index contributed by atoms with van der Waals surface area (Å²) in [4.78, 5) is 20.0. The van der Waals surface area contributed by atoms with Crippen LogP contribution in [0.3, 0.4) is 0 Å². The quantitative estimate of drug-likeness (QED) is 0.0221. The fourth-order valence-electron chi connectivity index (χ4n) is 10.2. The molecule has 85 heavy (non-hydrogen) atoms. The minimum Gasteiger partial charge on any atom is -0.399 e. The van der Waals surface area contributed by atoms with E-state index in [-0.39, 0.29) is 25.7 Å². The van der Waals surface area contributed by atoms with Crippen LogP contribution in [0.25, 0.3) is 48.8 Å². The molecule has 9 heterocycles. The van der Waals surface area contributed by atoms with E-state index in [1.165, 1.54) is 252 Å². The zero-order valence-electron chi connectivity index (χ0n) is 51.6. The molecule has 9 rings (SSSR count). The van der Waals surface area contributed by atoms with E-state index in [1.54, 1.807) is 11.3 Å². The van der Waals surface area contributed by atoms with E-state index < -0.39 is 0 Å². The normalized spacial score (nSPS) is 13.3. The Morgan fingerprint density at radius 3 is 0.953 bits per heavy atom. The summed E-state index contributed by atoms with van der Waals surface area (Å²) < 4.78 is 14.8. The Morgan fingerprint density at radius 1 is 0.353 bits per heavy atom. The summed E-state index contributed by atoms with van der Waals surface area (Å²) in [5.74, 6) is 0. The second-order valence-electron chi connectivity index (χ2n) is 23.5. The summed E-state index contributed by atoms with van der Waals surface area (Å²) in [7, 11) is -0.259. The lowest BCUT2D eigenvalue weighted by Crippen LogP contribution is -2.41. The van der Waals surface area contributed by atoms with Crippen LogP contribution in [0.2, 0.25) is 0 Å². The Balaban J connectivity index is 0.000000216. The van der Waals surface area contributed by atoms with Crippen molar-refractivity contribution in [2.75, 3.05) is 0 Å². The Labute approximate surface area is 557 Å². The van der Waals surface area contributed by atoms with Crippen molar-refractivity contribution in [3.8, 4) is 48.8 Å². The van der Waals surface area contributed by atoms with Crippen molar-refractivity contribution >= 4 is 119 Å². The van der Waals surface area contributed by atoms with Crippen LogP contribution in [0.5, 0.6) is 0 Å². The number of thiophene rings is 8. The topological polar surface area (TPSA) is 18.5 Å². The zero-order chi connectivity index (χ0) is 59.4. The molecular weight excluding hydrogens is 1260 g/mol. The monoisotopic (exact) mass is 1350 g/mol. The molecule has 0 aliphatic carbocycles. The first-order chi connectivity index (χ1) is 40.9. The number of halogens is 1. The predicted molar refractivity (Wildman–Crippen MR) is 397 cm³/mol. The van der Waals surface area contributed by atoms with Crippen LogP contribution < -0.4 is 4.78 Å². The van der Waals surface area contributed by atoms with Crippen molar-refractivity contribution in [2.24, 2.45) is 0 Å². The maximum Gasteiger partial charge on any atom is 0.505 e. The molecule has 0 aromatic carbocycles. The molecule has 0 bridgehead atoms. The van der Waals surface area contributed by atoms with Gasteiger partial charge < -0.3 is 9.31 Å². The van der Waals surface area contributed by atoms with Crippen LogP contribution in [0.1, 0.15) is 223 Å². The van der Waals surface area contributed by atoms with Gasteiger partial charge in [-0.15, -0.1) is 104 Å². The zero-order valence-corrected chi connectivity index (χ0v) is 59.8. The Kier molecular flexibility index (Phi) is 32.8. The van der Waals surface area contributed by atoms with Crippen LogP contribution in [0, 0.1) is 0 Å². The molecule has 1 saturated heterocycles. The highest BCUT2D eigenvalue weighted by Crippen LogP contribution is 2.44. The van der Waals surface area contributed by atoms with Gasteiger partial charge in [-0.3, -0.25) is 0 Å². The van der Waals surface area contributed by atoms with Gasteiger partial charge in [0, 0.05) is 73.1 Å². The van der Waals surface area contributed by atoms with Gasteiger partial charge in [0.2, 0.25) is 0 Å². The van der Waals surface area contributed by atoms with Gasteiger partial charge in [-0.1, -0.05) is 142 Å². The molecule has 0 unspecified atom stereocenters. The number of rotatable bonds is 36. The smallest absolute Gasteiger partial charge is 0.399 e. The molecule has 0 amide bonds. The van der Waals surface area contributed by atoms with Crippen molar-refractivity contribution in [2.45, 2.75) is 240 Å². The van der Waals surface area contributed by atoms with Gasteiger partial charge in [0.15, 0.2) is 0 Å². The van der Waals surface area contributed by atoms with E-state index in [1.807, 2.05) is 91.5 Å². The van der Waals surface area contributed by atoms with Crippen LogP contribution in [0.4, 0.5) is 0 Å². The van der Waals surface area contributed by atoms with E-state index in [4.69, 9.17) is 9.31 Å². The lowest BCUT2D eigenvalue weighted by atomic mass is 9.88. The fraction of sp³-hybridized carbons (Fsp3) is 0.507. The van der Waals surface area contributed by atoms with Gasteiger partial charge in [-0.05, 0) is 212 Å². The first kappa shape index (κ1) is 71.6. The van der Waals surface area contributed by atoms with E-state index >= 15 is 0 Å². The largest absolute Gasteiger partial charge is 0.505 e. The molecular formula is C73H100BBrO2S8. The second kappa shape index (κ2) is 38.9. The first-order valence-corrected chi connectivity index (χ1v) is 39.2. The molecule has 0 atom stereocenters. The fourth-order valence-corrected chi connectivity index (χ4v) is 19.2.